The first-order chi connectivity index (χ1) is 15.2. The van der Waals surface area contributed by atoms with Crippen molar-refractivity contribution in [2.45, 2.75) is 99.7 Å². The molecule has 34 heavy (non-hydrogen) atoms. The van der Waals surface area contributed by atoms with Gasteiger partial charge in [0.25, 0.3) is 0 Å². The van der Waals surface area contributed by atoms with E-state index in [1.165, 1.54) is 14.0 Å². The van der Waals surface area contributed by atoms with Crippen LogP contribution in [0.1, 0.15) is 88.0 Å². The van der Waals surface area contributed by atoms with Gasteiger partial charge in [-0.3, -0.25) is 19.2 Å². The maximum atomic E-state index is 13.3. The Kier molecular flexibility index (Phi) is 11.2. The molecule has 0 amide bonds. The quantitative estimate of drug-likeness (QED) is 0.293. The summed E-state index contributed by atoms with van der Waals surface area (Å²) in [7, 11) is 1.20. The number of aliphatic hydroxyl groups is 1. The number of carboxylic acid groups (broad SMARTS) is 1. The average Bonchev–Trinajstić information content (AvgIpc) is 2.67. The lowest BCUT2D eigenvalue weighted by Gasteiger charge is -2.41. The lowest BCUT2D eigenvalue weighted by molar-refractivity contribution is -0.174. The number of carbonyl (C=O) groups is 4. The van der Waals surface area contributed by atoms with E-state index in [-0.39, 0.29) is 32.3 Å². The molecule has 4 atom stereocenters. The Morgan fingerprint density at radius 2 is 1.38 bits per heavy atom. The third kappa shape index (κ3) is 9.60. The minimum absolute atomic E-state index is 0.0377. The number of aliphatic hydroxyl groups excluding tert-OH is 1. The molecule has 0 fully saturated rings. The van der Waals surface area contributed by atoms with Crippen molar-refractivity contribution in [3.8, 4) is 0 Å². The molecule has 0 aliphatic rings. The molecular formula is C25H44O9. The first-order valence-corrected chi connectivity index (χ1v) is 11.6. The monoisotopic (exact) mass is 488 g/mol. The van der Waals surface area contributed by atoms with Crippen LogP contribution in [0.15, 0.2) is 0 Å². The summed E-state index contributed by atoms with van der Waals surface area (Å²) in [6.07, 6.45) is -0.840. The smallest absolute Gasteiger partial charge is 0.312 e. The fraction of sp³-hybridized carbons (Fsp3) is 0.840. The molecule has 2 N–H and O–H groups in total. The molecule has 0 aromatic carbocycles. The highest BCUT2D eigenvalue weighted by molar-refractivity contribution is 5.83. The van der Waals surface area contributed by atoms with Gasteiger partial charge in [-0.15, -0.1) is 0 Å². The summed E-state index contributed by atoms with van der Waals surface area (Å²) in [4.78, 5) is 50.8. The summed E-state index contributed by atoms with van der Waals surface area (Å²) in [5.41, 5.74) is -4.63. The average molecular weight is 489 g/mol. The van der Waals surface area contributed by atoms with Gasteiger partial charge in [-0.2, -0.15) is 0 Å². The molecule has 0 bridgehead atoms. The van der Waals surface area contributed by atoms with Crippen molar-refractivity contribution in [2.24, 2.45) is 22.2 Å². The SMILES string of the molecule is CCC(CC(C)(CC(C)(CC(C)(C)C(=O)OC(C)(C)C)C(=O)OCC(C)O)C(=O)OC)C(=O)O. The number of hydrogen-bond acceptors (Lipinski definition) is 8. The van der Waals surface area contributed by atoms with Gasteiger partial charge in [0, 0.05) is 0 Å². The first-order valence-electron chi connectivity index (χ1n) is 11.6. The van der Waals surface area contributed by atoms with E-state index in [1.54, 1.807) is 55.4 Å². The van der Waals surface area contributed by atoms with Crippen molar-refractivity contribution in [3.05, 3.63) is 0 Å². The first kappa shape index (κ1) is 31.8. The molecule has 198 valence electrons. The zero-order valence-electron chi connectivity index (χ0n) is 22.4. The van der Waals surface area contributed by atoms with E-state index in [4.69, 9.17) is 14.2 Å². The Morgan fingerprint density at radius 1 is 0.853 bits per heavy atom. The lowest BCUT2D eigenvalue weighted by Crippen LogP contribution is -2.46. The van der Waals surface area contributed by atoms with Crippen molar-refractivity contribution in [1.82, 2.24) is 0 Å². The number of carbonyl (C=O) groups excluding carboxylic acids is 3. The number of aliphatic carboxylic acids is 1. The zero-order valence-corrected chi connectivity index (χ0v) is 22.4. The molecule has 0 rings (SSSR count). The van der Waals surface area contributed by atoms with Crippen LogP contribution >= 0.6 is 0 Å². The molecule has 0 saturated carbocycles. The molecule has 0 aromatic rings. The fourth-order valence-corrected chi connectivity index (χ4v) is 4.33. The van der Waals surface area contributed by atoms with Crippen LogP contribution in [0.25, 0.3) is 0 Å². The Balaban J connectivity index is 6.37. The normalized spacial score (nSPS) is 17.5. The van der Waals surface area contributed by atoms with Crippen LogP contribution in [0.4, 0.5) is 0 Å². The van der Waals surface area contributed by atoms with E-state index in [9.17, 15) is 29.4 Å². The number of rotatable bonds is 13. The molecule has 0 saturated heterocycles. The van der Waals surface area contributed by atoms with Gasteiger partial charge >= 0.3 is 23.9 Å². The minimum atomic E-state index is -1.39. The van der Waals surface area contributed by atoms with Gasteiger partial charge in [0.15, 0.2) is 0 Å². The van der Waals surface area contributed by atoms with E-state index in [0.29, 0.717) is 0 Å². The molecule has 0 heterocycles. The topological polar surface area (TPSA) is 136 Å². The van der Waals surface area contributed by atoms with Crippen molar-refractivity contribution in [2.75, 3.05) is 13.7 Å². The molecule has 4 unspecified atom stereocenters. The second-order valence-corrected chi connectivity index (χ2v) is 11.4. The van der Waals surface area contributed by atoms with E-state index in [0.717, 1.165) is 0 Å². The number of methoxy groups -OCH3 is 1. The molecule has 0 aliphatic carbocycles. The number of hydrogen-bond donors (Lipinski definition) is 2. The molecule has 9 nitrogen and oxygen atoms in total. The highest BCUT2D eigenvalue weighted by Crippen LogP contribution is 2.47. The van der Waals surface area contributed by atoms with Gasteiger partial charge in [-0.05, 0) is 81.1 Å². The lowest BCUT2D eigenvalue weighted by atomic mass is 9.63. The maximum absolute atomic E-state index is 13.3. The van der Waals surface area contributed by atoms with Crippen LogP contribution < -0.4 is 0 Å². The summed E-state index contributed by atoms with van der Waals surface area (Å²) < 4.78 is 15.9. The summed E-state index contributed by atoms with van der Waals surface area (Å²) in [5, 5.41) is 19.2. The molecule has 0 aromatic heterocycles. The molecule has 9 heteroatoms. The third-order valence-electron chi connectivity index (χ3n) is 5.73. The maximum Gasteiger partial charge on any atom is 0.312 e. The second kappa shape index (κ2) is 12.0. The number of esters is 3. The number of ether oxygens (including phenoxy) is 3. The van der Waals surface area contributed by atoms with Gasteiger partial charge in [0.2, 0.25) is 0 Å². The van der Waals surface area contributed by atoms with Crippen LogP contribution in [0.5, 0.6) is 0 Å². The summed E-state index contributed by atoms with van der Waals surface area (Å²) in [6.45, 7) is 14.5. The van der Waals surface area contributed by atoms with Crippen molar-refractivity contribution in [3.63, 3.8) is 0 Å². The fourth-order valence-electron chi connectivity index (χ4n) is 4.33. The minimum Gasteiger partial charge on any atom is -0.481 e. The summed E-state index contributed by atoms with van der Waals surface area (Å²) in [5.74, 6) is -3.77. The largest absolute Gasteiger partial charge is 0.481 e. The standard InChI is InChI=1S/C25H44O9/c1-11-17(18(27)28)12-24(8,20(30)32-10)15-25(9,21(31)33-13-16(2)26)14-23(6,7)19(29)34-22(3,4)5/h16-17,26H,11-15H2,1-10H3,(H,27,28). The van der Waals surface area contributed by atoms with Crippen LogP contribution in [0, 0.1) is 22.2 Å². The molecule has 0 aliphatic heterocycles. The Bertz CT molecular complexity index is 735. The highest BCUT2D eigenvalue weighted by atomic mass is 16.6. The van der Waals surface area contributed by atoms with Gasteiger partial charge in [0.05, 0.1) is 35.4 Å². The third-order valence-corrected chi connectivity index (χ3v) is 5.73. The Hall–Kier alpha value is -2.16. The molecule has 0 radical (unpaired) electrons. The van der Waals surface area contributed by atoms with Crippen LogP contribution in [0.3, 0.4) is 0 Å². The van der Waals surface area contributed by atoms with Gasteiger partial charge < -0.3 is 24.4 Å². The predicted octanol–water partition coefficient (Wildman–Crippen LogP) is 3.75. The Labute approximate surface area is 203 Å². The van der Waals surface area contributed by atoms with Gasteiger partial charge in [-0.1, -0.05) is 6.92 Å². The zero-order chi connectivity index (χ0) is 27.1. The molecular weight excluding hydrogens is 444 g/mol. The van der Waals surface area contributed by atoms with Crippen molar-refractivity contribution < 1.29 is 43.6 Å². The van der Waals surface area contributed by atoms with E-state index in [2.05, 4.69) is 0 Å². The second-order valence-electron chi connectivity index (χ2n) is 11.4. The van der Waals surface area contributed by atoms with E-state index >= 15 is 0 Å². The summed E-state index contributed by atoms with van der Waals surface area (Å²) >= 11 is 0. The van der Waals surface area contributed by atoms with Crippen LogP contribution in [-0.4, -0.2) is 59.5 Å². The predicted molar refractivity (Wildman–Crippen MR) is 126 cm³/mol. The highest BCUT2D eigenvalue weighted by Gasteiger charge is 2.51. The van der Waals surface area contributed by atoms with Crippen molar-refractivity contribution >= 4 is 23.9 Å². The van der Waals surface area contributed by atoms with Crippen LogP contribution in [-0.2, 0) is 33.4 Å². The molecule has 0 spiro atoms. The van der Waals surface area contributed by atoms with Gasteiger partial charge in [0.1, 0.15) is 12.2 Å². The van der Waals surface area contributed by atoms with Gasteiger partial charge in [-0.25, -0.2) is 0 Å². The van der Waals surface area contributed by atoms with E-state index < -0.39 is 57.7 Å². The van der Waals surface area contributed by atoms with E-state index in [1.807, 2.05) is 0 Å². The summed E-state index contributed by atoms with van der Waals surface area (Å²) in [6, 6.07) is 0. The Morgan fingerprint density at radius 3 is 1.76 bits per heavy atom. The van der Waals surface area contributed by atoms with Crippen LogP contribution in [0.2, 0.25) is 0 Å². The number of carboxylic acids is 1. The van der Waals surface area contributed by atoms with Crippen molar-refractivity contribution in [1.29, 1.82) is 0 Å².